The summed E-state index contributed by atoms with van der Waals surface area (Å²) in [6.07, 6.45) is 1.78. The molecule has 24 heavy (non-hydrogen) atoms. The number of nitrogens with one attached hydrogen (secondary N) is 2. The van der Waals surface area contributed by atoms with Gasteiger partial charge in [0.2, 0.25) is 0 Å². The zero-order chi connectivity index (χ0) is 16.7. The lowest BCUT2D eigenvalue weighted by molar-refractivity contribution is 0.0697. The van der Waals surface area contributed by atoms with Crippen molar-refractivity contribution in [1.29, 1.82) is 0 Å². The molecule has 0 saturated heterocycles. The highest BCUT2D eigenvalue weighted by atomic mass is 16.4. The first-order valence-corrected chi connectivity index (χ1v) is 7.45. The maximum Gasteiger partial charge on any atom is 0.335 e. The van der Waals surface area contributed by atoms with Gasteiger partial charge in [0, 0.05) is 22.2 Å². The summed E-state index contributed by atoms with van der Waals surface area (Å²) in [6.45, 7) is 1.94. The van der Waals surface area contributed by atoms with Crippen LogP contribution in [0.4, 0.5) is 11.4 Å². The molecule has 2 aromatic carbocycles. The van der Waals surface area contributed by atoms with Crippen LogP contribution in [0.1, 0.15) is 16.1 Å². The maximum atomic E-state index is 11.0. The number of anilines is 2. The lowest BCUT2D eigenvalue weighted by atomic mass is 10.1. The predicted molar refractivity (Wildman–Crippen MR) is 92.8 cm³/mol. The minimum absolute atomic E-state index is 0.257. The number of aromatic carboxylic acids is 1. The molecule has 2 heterocycles. The Hall–Kier alpha value is -3.41. The fourth-order valence-corrected chi connectivity index (χ4v) is 2.82. The highest BCUT2D eigenvalue weighted by Gasteiger charge is 2.10. The van der Waals surface area contributed by atoms with Gasteiger partial charge in [-0.05, 0) is 49.4 Å². The zero-order valence-electron chi connectivity index (χ0n) is 12.9. The number of aromatic amines is 1. The van der Waals surface area contributed by atoms with E-state index < -0.39 is 5.97 Å². The van der Waals surface area contributed by atoms with Gasteiger partial charge in [-0.1, -0.05) is 0 Å². The molecule has 3 N–H and O–H groups in total. The molecule has 0 fully saturated rings. The molecule has 0 saturated carbocycles. The number of pyridine rings is 1. The molecule has 0 amide bonds. The third-order valence-electron chi connectivity index (χ3n) is 3.93. The summed E-state index contributed by atoms with van der Waals surface area (Å²) in [7, 11) is 0. The van der Waals surface area contributed by atoms with Crippen molar-refractivity contribution in [2.24, 2.45) is 0 Å². The first-order valence-electron chi connectivity index (χ1n) is 7.45. The van der Waals surface area contributed by atoms with E-state index in [-0.39, 0.29) is 5.56 Å². The van der Waals surface area contributed by atoms with Crippen LogP contribution in [-0.2, 0) is 0 Å². The average molecular weight is 318 g/mol. The van der Waals surface area contributed by atoms with Gasteiger partial charge in [0.1, 0.15) is 0 Å². The zero-order valence-corrected chi connectivity index (χ0v) is 12.9. The second kappa shape index (κ2) is 5.34. The molecule has 0 aliphatic heterocycles. The van der Waals surface area contributed by atoms with Crippen LogP contribution in [0.3, 0.4) is 0 Å². The second-order valence-corrected chi connectivity index (χ2v) is 5.61. The van der Waals surface area contributed by atoms with Crippen molar-refractivity contribution >= 4 is 39.1 Å². The summed E-state index contributed by atoms with van der Waals surface area (Å²) >= 11 is 0. The molecular weight excluding hydrogens is 304 g/mol. The molecule has 6 heteroatoms. The van der Waals surface area contributed by atoms with E-state index in [9.17, 15) is 4.79 Å². The maximum absolute atomic E-state index is 11.0. The minimum Gasteiger partial charge on any atom is -0.478 e. The third kappa shape index (κ3) is 2.34. The summed E-state index contributed by atoms with van der Waals surface area (Å²) in [5, 5.41) is 21.5. The summed E-state index contributed by atoms with van der Waals surface area (Å²) < 4.78 is 0. The van der Waals surface area contributed by atoms with Gasteiger partial charge in [0.25, 0.3) is 0 Å². The number of rotatable bonds is 3. The fourth-order valence-electron chi connectivity index (χ4n) is 2.82. The van der Waals surface area contributed by atoms with E-state index in [1.807, 2.05) is 25.1 Å². The molecule has 0 aliphatic rings. The SMILES string of the molecule is Cc1cc(Nc2ccc(C(=O)O)cc2)c2c(ccc3cn[nH]c32)n1. The van der Waals surface area contributed by atoms with E-state index in [1.54, 1.807) is 30.5 Å². The first kappa shape index (κ1) is 14.2. The number of benzene rings is 2. The van der Waals surface area contributed by atoms with Gasteiger partial charge in [0.15, 0.2) is 0 Å². The van der Waals surface area contributed by atoms with Gasteiger partial charge < -0.3 is 10.4 Å². The van der Waals surface area contributed by atoms with Crippen LogP contribution in [0.15, 0.2) is 48.7 Å². The Kier molecular flexibility index (Phi) is 3.16. The second-order valence-electron chi connectivity index (χ2n) is 5.61. The van der Waals surface area contributed by atoms with Crippen LogP contribution < -0.4 is 5.32 Å². The number of carboxylic acid groups (broad SMARTS) is 1. The van der Waals surface area contributed by atoms with Crippen LogP contribution in [-0.4, -0.2) is 26.3 Å². The summed E-state index contributed by atoms with van der Waals surface area (Å²) in [5.74, 6) is -0.939. The molecule has 0 aliphatic carbocycles. The Morgan fingerprint density at radius 3 is 2.71 bits per heavy atom. The van der Waals surface area contributed by atoms with Gasteiger partial charge in [-0.15, -0.1) is 0 Å². The Morgan fingerprint density at radius 1 is 1.17 bits per heavy atom. The van der Waals surface area contributed by atoms with Gasteiger partial charge in [-0.2, -0.15) is 5.10 Å². The number of H-pyrrole nitrogens is 1. The molecule has 0 unspecified atom stereocenters. The van der Waals surface area contributed by atoms with E-state index in [1.165, 1.54) is 0 Å². The third-order valence-corrected chi connectivity index (χ3v) is 3.93. The van der Waals surface area contributed by atoms with Gasteiger partial charge in [0.05, 0.1) is 28.5 Å². The van der Waals surface area contributed by atoms with E-state index in [2.05, 4.69) is 20.5 Å². The number of hydrogen-bond acceptors (Lipinski definition) is 4. The van der Waals surface area contributed by atoms with Crippen LogP contribution in [0.25, 0.3) is 21.8 Å². The summed E-state index contributed by atoms with van der Waals surface area (Å²) in [6, 6.07) is 12.6. The predicted octanol–water partition coefficient (Wildman–Crippen LogP) is 3.86. The van der Waals surface area contributed by atoms with Crippen LogP contribution >= 0.6 is 0 Å². The molecule has 0 bridgehead atoms. The quantitative estimate of drug-likeness (QED) is 0.533. The van der Waals surface area contributed by atoms with Gasteiger partial charge in [-0.3, -0.25) is 10.1 Å². The average Bonchev–Trinajstić information content (AvgIpc) is 3.03. The number of carboxylic acids is 1. The smallest absolute Gasteiger partial charge is 0.335 e. The largest absolute Gasteiger partial charge is 0.478 e. The van der Waals surface area contributed by atoms with Crippen molar-refractivity contribution in [1.82, 2.24) is 15.2 Å². The molecule has 0 atom stereocenters. The van der Waals surface area contributed by atoms with Crippen molar-refractivity contribution in [3.05, 3.63) is 59.9 Å². The molecular formula is C18H14N4O2. The number of nitrogens with zero attached hydrogens (tertiary/aromatic N) is 2. The number of carbonyl (C=O) groups is 1. The molecule has 4 aromatic rings. The normalized spacial score (nSPS) is 11.0. The van der Waals surface area contributed by atoms with Crippen LogP contribution in [0.2, 0.25) is 0 Å². The monoisotopic (exact) mass is 318 g/mol. The number of aryl methyl sites for hydroxylation is 1. The van der Waals surface area contributed by atoms with E-state index in [0.717, 1.165) is 38.9 Å². The Bertz CT molecular complexity index is 1070. The van der Waals surface area contributed by atoms with Crippen molar-refractivity contribution < 1.29 is 9.90 Å². The van der Waals surface area contributed by atoms with Gasteiger partial charge in [-0.25, -0.2) is 4.79 Å². The van der Waals surface area contributed by atoms with Crippen molar-refractivity contribution in [3.8, 4) is 0 Å². The molecule has 0 spiro atoms. The van der Waals surface area contributed by atoms with Crippen LogP contribution in [0, 0.1) is 6.92 Å². The highest BCUT2D eigenvalue weighted by molar-refractivity contribution is 6.10. The molecule has 0 radical (unpaired) electrons. The van der Waals surface area contributed by atoms with E-state index in [4.69, 9.17) is 5.11 Å². The van der Waals surface area contributed by atoms with Crippen molar-refractivity contribution in [3.63, 3.8) is 0 Å². The molecule has 118 valence electrons. The molecule has 2 aromatic heterocycles. The van der Waals surface area contributed by atoms with Gasteiger partial charge >= 0.3 is 5.97 Å². The van der Waals surface area contributed by atoms with E-state index in [0.29, 0.717) is 0 Å². The fraction of sp³-hybridized carbons (Fsp3) is 0.0556. The summed E-state index contributed by atoms with van der Waals surface area (Å²) in [4.78, 5) is 15.5. The molecule has 6 nitrogen and oxygen atoms in total. The standard InChI is InChI=1S/C18H14N4O2/c1-10-8-15(21-13-5-2-11(3-6-13)18(23)24)16-14(20-10)7-4-12-9-19-22-17(12)16/h2-9H,1H3,(H,19,22)(H,20,21)(H,23,24). The number of hydrogen-bond donors (Lipinski definition) is 3. The van der Waals surface area contributed by atoms with Crippen molar-refractivity contribution in [2.75, 3.05) is 5.32 Å². The molecule has 4 rings (SSSR count). The Morgan fingerprint density at radius 2 is 1.96 bits per heavy atom. The van der Waals surface area contributed by atoms with E-state index >= 15 is 0 Å². The number of aromatic nitrogens is 3. The highest BCUT2D eigenvalue weighted by Crippen LogP contribution is 2.31. The minimum atomic E-state index is -0.939. The number of fused-ring (bicyclic) bond motifs is 3. The van der Waals surface area contributed by atoms with Crippen LogP contribution in [0.5, 0.6) is 0 Å². The summed E-state index contributed by atoms with van der Waals surface area (Å²) in [5.41, 5.74) is 4.65. The lowest BCUT2D eigenvalue weighted by Crippen LogP contribution is -1.98. The van der Waals surface area contributed by atoms with Crippen molar-refractivity contribution in [2.45, 2.75) is 6.92 Å². The first-order chi connectivity index (χ1) is 11.6. The lowest BCUT2D eigenvalue weighted by Gasteiger charge is -2.12. The topological polar surface area (TPSA) is 90.9 Å². The Labute approximate surface area is 137 Å². The Balaban J connectivity index is 1.86.